The van der Waals surface area contributed by atoms with Crippen LogP contribution in [0.2, 0.25) is 0 Å². The van der Waals surface area contributed by atoms with Gasteiger partial charge in [0, 0.05) is 6.54 Å². The average molecular weight is 201 g/mol. The summed E-state index contributed by atoms with van der Waals surface area (Å²) in [6.07, 6.45) is 1.88. The molecule has 1 aliphatic rings. The minimum absolute atomic E-state index is 0.295. The summed E-state index contributed by atoms with van der Waals surface area (Å²) in [7, 11) is 0. The van der Waals surface area contributed by atoms with Gasteiger partial charge in [-0.1, -0.05) is 13.8 Å². The van der Waals surface area contributed by atoms with E-state index in [0.717, 1.165) is 6.42 Å². The number of rotatable bonds is 4. The standard InChI is InChI=1S/C10H19NO3/c1-3-10(13,4-2)8-11-6-5-7-14-9(11)12/h13H,3-8H2,1-2H3. The van der Waals surface area contributed by atoms with E-state index in [1.54, 1.807) is 4.90 Å². The highest BCUT2D eigenvalue weighted by Gasteiger charge is 2.30. The largest absolute Gasteiger partial charge is 0.449 e. The van der Waals surface area contributed by atoms with E-state index < -0.39 is 5.60 Å². The average Bonchev–Trinajstić information content (AvgIpc) is 2.21. The fraction of sp³-hybridized carbons (Fsp3) is 0.900. The smallest absolute Gasteiger partial charge is 0.409 e. The van der Waals surface area contributed by atoms with Crippen molar-refractivity contribution in [3.63, 3.8) is 0 Å². The summed E-state index contributed by atoms with van der Waals surface area (Å²) in [4.78, 5) is 12.9. The van der Waals surface area contributed by atoms with Crippen molar-refractivity contribution < 1.29 is 14.6 Å². The molecule has 0 aromatic carbocycles. The first-order valence-corrected chi connectivity index (χ1v) is 5.25. The molecule has 0 spiro atoms. The summed E-state index contributed by atoms with van der Waals surface area (Å²) in [5.41, 5.74) is -0.754. The van der Waals surface area contributed by atoms with Crippen LogP contribution in [0.3, 0.4) is 0 Å². The SMILES string of the molecule is CCC(O)(CC)CN1CCCOC1=O. The zero-order valence-corrected chi connectivity index (χ0v) is 8.95. The Labute approximate surface area is 84.8 Å². The zero-order chi connectivity index (χ0) is 10.6. The molecular weight excluding hydrogens is 182 g/mol. The first kappa shape index (κ1) is 11.3. The molecule has 1 aliphatic heterocycles. The molecule has 1 heterocycles. The van der Waals surface area contributed by atoms with Gasteiger partial charge in [-0.3, -0.25) is 0 Å². The van der Waals surface area contributed by atoms with E-state index >= 15 is 0 Å². The molecule has 1 amide bonds. The summed E-state index contributed by atoms with van der Waals surface area (Å²) in [6, 6.07) is 0. The Bertz CT molecular complexity index is 202. The van der Waals surface area contributed by atoms with Crippen LogP contribution < -0.4 is 0 Å². The van der Waals surface area contributed by atoms with Gasteiger partial charge in [0.15, 0.2) is 0 Å². The first-order chi connectivity index (χ1) is 6.61. The molecular formula is C10H19NO3. The van der Waals surface area contributed by atoms with Crippen LogP contribution in [0.15, 0.2) is 0 Å². The van der Waals surface area contributed by atoms with Crippen LogP contribution in [-0.2, 0) is 4.74 Å². The highest BCUT2D eigenvalue weighted by atomic mass is 16.6. The lowest BCUT2D eigenvalue weighted by atomic mass is 9.97. The van der Waals surface area contributed by atoms with Crippen LogP contribution >= 0.6 is 0 Å². The van der Waals surface area contributed by atoms with E-state index in [-0.39, 0.29) is 6.09 Å². The summed E-state index contributed by atoms with van der Waals surface area (Å²) >= 11 is 0. The van der Waals surface area contributed by atoms with E-state index in [0.29, 0.717) is 32.5 Å². The van der Waals surface area contributed by atoms with Gasteiger partial charge in [0.05, 0.1) is 18.8 Å². The van der Waals surface area contributed by atoms with Crippen molar-refractivity contribution in [3.8, 4) is 0 Å². The second-order valence-electron chi connectivity index (χ2n) is 3.82. The van der Waals surface area contributed by atoms with Crippen molar-refractivity contribution in [2.45, 2.75) is 38.7 Å². The lowest BCUT2D eigenvalue weighted by Gasteiger charge is -2.34. The fourth-order valence-corrected chi connectivity index (χ4v) is 1.57. The lowest BCUT2D eigenvalue weighted by Crippen LogP contribution is -2.47. The number of aliphatic hydroxyl groups is 1. The third-order valence-electron chi connectivity index (χ3n) is 2.86. The van der Waals surface area contributed by atoms with Gasteiger partial charge in [-0.2, -0.15) is 0 Å². The zero-order valence-electron chi connectivity index (χ0n) is 8.95. The quantitative estimate of drug-likeness (QED) is 0.747. The van der Waals surface area contributed by atoms with Gasteiger partial charge in [0.2, 0.25) is 0 Å². The Balaban J connectivity index is 2.52. The van der Waals surface area contributed by atoms with Crippen LogP contribution in [0.4, 0.5) is 4.79 Å². The molecule has 82 valence electrons. The summed E-state index contributed by atoms with van der Waals surface area (Å²) < 4.78 is 4.90. The number of hydrogen-bond donors (Lipinski definition) is 1. The number of carbonyl (C=O) groups excluding carboxylic acids is 1. The van der Waals surface area contributed by atoms with Gasteiger partial charge < -0.3 is 14.7 Å². The molecule has 14 heavy (non-hydrogen) atoms. The summed E-state index contributed by atoms with van der Waals surface area (Å²) in [5.74, 6) is 0. The molecule has 1 saturated heterocycles. The fourth-order valence-electron chi connectivity index (χ4n) is 1.57. The molecule has 1 fully saturated rings. The van der Waals surface area contributed by atoms with Crippen molar-refractivity contribution in [1.29, 1.82) is 0 Å². The molecule has 1 N–H and O–H groups in total. The maximum atomic E-state index is 11.3. The minimum atomic E-state index is -0.754. The van der Waals surface area contributed by atoms with Gasteiger partial charge in [-0.25, -0.2) is 4.79 Å². The molecule has 1 rings (SSSR count). The minimum Gasteiger partial charge on any atom is -0.449 e. The monoisotopic (exact) mass is 201 g/mol. The van der Waals surface area contributed by atoms with Crippen LogP contribution in [0.25, 0.3) is 0 Å². The summed E-state index contributed by atoms with van der Waals surface area (Å²) in [6.45, 7) is 5.45. The Morgan fingerprint density at radius 1 is 1.50 bits per heavy atom. The van der Waals surface area contributed by atoms with E-state index in [1.807, 2.05) is 13.8 Å². The van der Waals surface area contributed by atoms with E-state index in [1.165, 1.54) is 0 Å². The van der Waals surface area contributed by atoms with Crippen LogP contribution in [-0.4, -0.2) is 41.4 Å². The number of ether oxygens (including phenoxy) is 1. The molecule has 4 nitrogen and oxygen atoms in total. The molecule has 0 aromatic heterocycles. The molecule has 0 unspecified atom stereocenters. The van der Waals surface area contributed by atoms with Crippen LogP contribution in [0.5, 0.6) is 0 Å². The molecule has 0 aromatic rings. The maximum absolute atomic E-state index is 11.3. The second-order valence-corrected chi connectivity index (χ2v) is 3.82. The number of nitrogens with zero attached hydrogens (tertiary/aromatic N) is 1. The molecule has 0 radical (unpaired) electrons. The van der Waals surface area contributed by atoms with Gasteiger partial charge in [-0.05, 0) is 19.3 Å². The van der Waals surface area contributed by atoms with E-state index in [9.17, 15) is 9.90 Å². The van der Waals surface area contributed by atoms with E-state index in [2.05, 4.69) is 0 Å². The van der Waals surface area contributed by atoms with Gasteiger partial charge >= 0.3 is 6.09 Å². The Kier molecular flexibility index (Phi) is 3.75. The van der Waals surface area contributed by atoms with Crippen molar-refractivity contribution in [2.75, 3.05) is 19.7 Å². The molecule has 0 bridgehead atoms. The first-order valence-electron chi connectivity index (χ1n) is 5.25. The van der Waals surface area contributed by atoms with Crippen molar-refractivity contribution in [2.24, 2.45) is 0 Å². The molecule has 0 atom stereocenters. The van der Waals surface area contributed by atoms with Gasteiger partial charge in [-0.15, -0.1) is 0 Å². The van der Waals surface area contributed by atoms with E-state index in [4.69, 9.17) is 4.74 Å². The third-order valence-corrected chi connectivity index (χ3v) is 2.86. The molecule has 0 saturated carbocycles. The number of hydrogen-bond acceptors (Lipinski definition) is 3. The second kappa shape index (κ2) is 4.64. The number of β-amino-alcohol motifs (C(OH)–C–C–N with tert-alkyl or cyclic N) is 1. The normalized spacial score (nSPS) is 18.2. The Morgan fingerprint density at radius 3 is 2.64 bits per heavy atom. The van der Waals surface area contributed by atoms with Crippen molar-refractivity contribution in [1.82, 2.24) is 4.90 Å². The summed E-state index contributed by atoms with van der Waals surface area (Å²) in [5, 5.41) is 10.0. The molecule has 0 aliphatic carbocycles. The topological polar surface area (TPSA) is 49.8 Å². The Hall–Kier alpha value is -0.770. The van der Waals surface area contributed by atoms with Gasteiger partial charge in [0.25, 0.3) is 0 Å². The van der Waals surface area contributed by atoms with Gasteiger partial charge in [0.1, 0.15) is 0 Å². The molecule has 4 heteroatoms. The van der Waals surface area contributed by atoms with Crippen LogP contribution in [0.1, 0.15) is 33.1 Å². The number of carbonyl (C=O) groups is 1. The lowest BCUT2D eigenvalue weighted by molar-refractivity contribution is -0.0152. The predicted molar refractivity (Wildman–Crippen MR) is 53.1 cm³/mol. The highest BCUT2D eigenvalue weighted by Crippen LogP contribution is 2.18. The van der Waals surface area contributed by atoms with Crippen molar-refractivity contribution >= 4 is 6.09 Å². The number of cyclic esters (lactones) is 1. The van der Waals surface area contributed by atoms with Crippen molar-refractivity contribution in [3.05, 3.63) is 0 Å². The maximum Gasteiger partial charge on any atom is 0.409 e. The van der Waals surface area contributed by atoms with Crippen LogP contribution in [0, 0.1) is 0 Å². The Morgan fingerprint density at radius 2 is 2.14 bits per heavy atom. The predicted octanol–water partition coefficient (Wildman–Crippen LogP) is 1.38. The number of amides is 1. The highest BCUT2D eigenvalue weighted by molar-refractivity contribution is 5.68. The third kappa shape index (κ3) is 2.61.